The SMILES string of the molecule is CSCC[C@H](N)C(=O)N[C@@H](CS)C(=O)N[C@@H](CCC(N)=O)C(=O)N[C@@H](CO)C(=O)N[C@@H](CC(C)C)C(=O)NCC(=O)N[C@H](C(=O)N[C@H](C(=O)N[C@@H](Cc1ccc(O)cc1)C(=O)N1CCC[C@H]1C(=O)NCC(=O)N[C@@H](Cc1c[nH]c2ccccc12)C(=O)N[C@@H](CC(C)C)C(=O)N[C@@H](C)C(=O)NCC(=O)N[C@@H](Cc1c[nH]c2ccccc12)C(=O)N[C@@H](CS)C(=O)N[C@@H](C)C(=O)O)[C@@H](C)O)C(C)C. The van der Waals surface area contributed by atoms with Crippen LogP contribution in [0.3, 0.4) is 0 Å². The van der Waals surface area contributed by atoms with E-state index in [1.165, 1.54) is 68.6 Å². The first-order chi connectivity index (χ1) is 63.9. The van der Waals surface area contributed by atoms with Gasteiger partial charge in [0.05, 0.1) is 38.4 Å². The summed E-state index contributed by atoms with van der Waals surface area (Å²) in [4.78, 5) is 268. The molecule has 1 aliphatic heterocycles. The van der Waals surface area contributed by atoms with Gasteiger partial charge >= 0.3 is 5.97 Å². The molecule has 47 heteroatoms. The summed E-state index contributed by atoms with van der Waals surface area (Å²) in [6.07, 6.45) is 2.40. The first kappa shape index (κ1) is 111. The number of carbonyl (C=O) groups is 19. The van der Waals surface area contributed by atoms with Crippen LogP contribution in [0.25, 0.3) is 21.8 Å². The lowest BCUT2D eigenvalue weighted by molar-refractivity contribution is -0.142. The number of para-hydroxylation sites is 2. The Labute approximate surface area is 794 Å². The van der Waals surface area contributed by atoms with Crippen LogP contribution in [-0.4, -0.2) is 301 Å². The van der Waals surface area contributed by atoms with Gasteiger partial charge in [-0.3, -0.25) is 91.1 Å². The normalized spacial score (nSPS) is 15.8. The number of H-pyrrole nitrogens is 2. The van der Waals surface area contributed by atoms with Crippen molar-refractivity contribution in [1.29, 1.82) is 0 Å². The average Bonchev–Trinajstić information content (AvgIpc) is 1.40. The van der Waals surface area contributed by atoms with Gasteiger partial charge in [0, 0.05) is 77.9 Å². The van der Waals surface area contributed by atoms with Gasteiger partial charge < -0.3 is 132 Å². The first-order valence-corrected chi connectivity index (χ1v) is 46.7. The van der Waals surface area contributed by atoms with Crippen LogP contribution in [0.2, 0.25) is 0 Å². The molecule has 1 saturated heterocycles. The molecule has 740 valence electrons. The summed E-state index contributed by atoms with van der Waals surface area (Å²) in [7, 11) is 0. The molecule has 26 N–H and O–H groups in total. The molecule has 135 heavy (non-hydrogen) atoms. The molecule has 0 unspecified atom stereocenters. The minimum atomic E-state index is -1.85. The van der Waals surface area contributed by atoms with Crippen molar-refractivity contribution in [3.05, 3.63) is 102 Å². The molecule has 2 aromatic heterocycles. The van der Waals surface area contributed by atoms with E-state index in [0.717, 1.165) is 6.92 Å². The van der Waals surface area contributed by atoms with Crippen molar-refractivity contribution in [1.82, 2.24) is 99.9 Å². The summed E-state index contributed by atoms with van der Waals surface area (Å²) >= 11 is 9.77. The van der Waals surface area contributed by atoms with E-state index in [1.54, 1.807) is 88.6 Å². The number of aliphatic hydroxyl groups is 2. The number of phenols is 1. The number of benzene rings is 3. The third-order valence-corrected chi connectivity index (χ3v) is 23.2. The number of hydrogen-bond donors (Lipinski definition) is 26. The number of nitrogens with two attached hydrogens (primary N) is 2. The zero-order chi connectivity index (χ0) is 100. The van der Waals surface area contributed by atoms with E-state index in [2.05, 4.69) is 120 Å². The van der Waals surface area contributed by atoms with Crippen molar-refractivity contribution >= 4 is 171 Å². The molecule has 0 spiro atoms. The highest BCUT2D eigenvalue weighted by molar-refractivity contribution is 7.98. The van der Waals surface area contributed by atoms with Gasteiger partial charge in [0.1, 0.15) is 90.3 Å². The Hall–Kier alpha value is -12.6. The number of hydrogen-bond acceptors (Lipinski definition) is 26. The Morgan fingerprint density at radius 1 is 0.474 bits per heavy atom. The van der Waals surface area contributed by atoms with E-state index in [0.29, 0.717) is 44.2 Å². The summed E-state index contributed by atoms with van der Waals surface area (Å²) in [5.41, 5.74) is 14.2. The van der Waals surface area contributed by atoms with Crippen molar-refractivity contribution in [2.45, 2.75) is 223 Å². The maximum absolute atomic E-state index is 15.0. The zero-order valence-electron chi connectivity index (χ0n) is 76.7. The summed E-state index contributed by atoms with van der Waals surface area (Å²) in [6, 6.07) is -1.75. The molecule has 3 heterocycles. The zero-order valence-corrected chi connectivity index (χ0v) is 79.3. The predicted octanol–water partition coefficient (Wildman–Crippen LogP) is -4.52. The van der Waals surface area contributed by atoms with Crippen molar-refractivity contribution in [2.24, 2.45) is 29.2 Å². The smallest absolute Gasteiger partial charge is 0.325 e. The van der Waals surface area contributed by atoms with E-state index in [-0.39, 0.29) is 87.0 Å². The molecule has 1 fully saturated rings. The third-order valence-electron chi connectivity index (χ3n) is 21.8. The van der Waals surface area contributed by atoms with Crippen LogP contribution in [0.5, 0.6) is 5.75 Å². The number of likely N-dealkylation sites (tertiary alicyclic amines) is 1. The second-order valence-corrected chi connectivity index (χ2v) is 35.7. The lowest BCUT2D eigenvalue weighted by Crippen LogP contribution is -2.62. The standard InChI is InChI=1S/C88H127N21O23S3/c1-43(2)30-59(101-81(124)64(40-110)104-77(120)58(25-26-68(90)113)100-83(126)66(42-134)105-75(118)55(89)27-29-135-10)76(119)94-39-71(116)107-72(45(5)6)85(128)108-73(48(9)111)86(129)103-63(32-49-21-23-52(112)24-22-49)87(130)109-28-15-20-67(109)84(127)95-38-70(115)98-61(33-50-35-91-56-18-13-11-16-53(50)56)79(122)102-60(31-44(3)4)78(121)96-46(7)74(117)93-37-69(114)99-62(34-51-36-92-57-19-14-12-17-54(51)57)80(123)106-65(41-133)82(125)97-47(8)88(131)132/h11-14,16-19,21-24,35-36,43-48,55,58-67,72-73,91-92,110-112,133-134H,15,20,25-34,37-42,89H2,1-10H3,(H2,90,113)(H,93,117)(H,94,119)(H,95,127)(H,96,121)(H,97,125)(H,98,115)(H,99,114)(H,100,126)(H,101,124)(H,102,122)(H,103,129)(H,104,120)(H,105,118)(H,106,123)(H,107,116)(H,108,128)(H,131,132)/t46-,47-,48+,55-,58-,59-,60-,61-,62-,63-,64-,65-,66-,67-,72-,73-/m0/s1. The van der Waals surface area contributed by atoms with Gasteiger partial charge in [-0.1, -0.05) is 90.1 Å². The topological polar surface area (TPSA) is 685 Å². The number of aliphatic carboxylic acids is 1. The Morgan fingerprint density at radius 2 is 0.911 bits per heavy atom. The Morgan fingerprint density at radius 3 is 1.41 bits per heavy atom. The molecule has 44 nitrogen and oxygen atoms in total. The van der Waals surface area contributed by atoms with Crippen molar-refractivity contribution in [3.8, 4) is 5.75 Å². The van der Waals surface area contributed by atoms with Crippen LogP contribution < -0.4 is 96.5 Å². The quantitative estimate of drug-likeness (QED) is 0.0163. The fraction of sp³-hybridized carbons (Fsp3) is 0.534. The van der Waals surface area contributed by atoms with Gasteiger partial charge in [-0.25, -0.2) is 0 Å². The Balaban J connectivity index is 1.10. The number of nitrogens with one attached hydrogen (secondary N) is 18. The fourth-order valence-electron chi connectivity index (χ4n) is 14.4. The lowest BCUT2D eigenvalue weighted by atomic mass is 10.0. The molecular weight excluding hydrogens is 1820 g/mol. The van der Waals surface area contributed by atoms with Gasteiger partial charge in [-0.15, -0.1) is 0 Å². The summed E-state index contributed by atoms with van der Waals surface area (Å²) < 4.78 is 0. The molecule has 0 saturated carbocycles. The maximum Gasteiger partial charge on any atom is 0.325 e. The molecule has 0 radical (unpaired) electrons. The van der Waals surface area contributed by atoms with Crippen molar-refractivity contribution in [2.75, 3.05) is 56.3 Å². The minimum absolute atomic E-state index is 0.00827. The second-order valence-electron chi connectivity index (χ2n) is 34.0. The predicted molar refractivity (Wildman–Crippen MR) is 503 cm³/mol. The number of aliphatic hydroxyl groups excluding tert-OH is 2. The molecule has 0 aliphatic carbocycles. The van der Waals surface area contributed by atoms with E-state index in [9.17, 15) is 107 Å². The van der Waals surface area contributed by atoms with Crippen LogP contribution >= 0.6 is 37.0 Å². The number of thiol groups is 2. The first-order valence-electron chi connectivity index (χ1n) is 44.1. The van der Waals surface area contributed by atoms with E-state index >= 15 is 4.79 Å². The molecule has 18 amide bonds. The second kappa shape index (κ2) is 54.7. The number of carboxylic acid groups (broad SMARTS) is 1. The fourth-order valence-corrected chi connectivity index (χ4v) is 15.4. The van der Waals surface area contributed by atoms with Crippen LogP contribution in [0.15, 0.2) is 85.2 Å². The molecular formula is C88H127N21O23S3. The summed E-state index contributed by atoms with van der Waals surface area (Å²) in [5.74, 6) is -19.2. The van der Waals surface area contributed by atoms with Gasteiger partial charge in [-0.2, -0.15) is 37.0 Å². The van der Waals surface area contributed by atoms with Crippen LogP contribution in [0.1, 0.15) is 124 Å². The number of primary amides is 1. The molecule has 1 aliphatic rings. The highest BCUT2D eigenvalue weighted by Gasteiger charge is 2.42. The van der Waals surface area contributed by atoms with Crippen molar-refractivity contribution < 1.29 is 112 Å². The van der Waals surface area contributed by atoms with Crippen LogP contribution in [0.4, 0.5) is 0 Å². The van der Waals surface area contributed by atoms with Gasteiger partial charge in [-0.05, 0) is 130 Å². The monoisotopic (exact) mass is 1940 g/mol. The van der Waals surface area contributed by atoms with Crippen molar-refractivity contribution in [3.63, 3.8) is 0 Å². The highest BCUT2D eigenvalue weighted by atomic mass is 32.2. The number of carbonyl (C=O) groups excluding carboxylic acids is 18. The van der Waals surface area contributed by atoms with Gasteiger partial charge in [0.15, 0.2) is 0 Å². The number of aromatic hydroxyl groups is 1. The molecule has 0 bridgehead atoms. The maximum atomic E-state index is 15.0. The molecule has 5 aromatic rings. The minimum Gasteiger partial charge on any atom is -0.508 e. The number of thioether (sulfide) groups is 1. The molecule has 6 rings (SSSR count). The average molecular weight is 1940 g/mol. The van der Waals surface area contributed by atoms with E-state index < -0.39 is 254 Å². The highest BCUT2D eigenvalue weighted by Crippen LogP contribution is 2.25. The summed E-state index contributed by atoms with van der Waals surface area (Å²) in [6.45, 7) is 10.2. The number of rotatable bonds is 55. The summed E-state index contributed by atoms with van der Waals surface area (Å²) in [5, 5.41) is 82.3. The largest absolute Gasteiger partial charge is 0.508 e. The van der Waals surface area contributed by atoms with Crippen LogP contribution in [-0.2, 0) is 110 Å². The molecule has 16 atom stereocenters. The number of amides is 18. The number of aromatic amines is 2. The number of carboxylic acids is 1. The molecule has 3 aromatic carbocycles. The van der Waals surface area contributed by atoms with Gasteiger partial charge in [0.2, 0.25) is 106 Å². The number of fused-ring (bicyclic) bond motifs is 2. The Bertz CT molecular complexity index is 5000. The van der Waals surface area contributed by atoms with Gasteiger partial charge in [0.25, 0.3) is 0 Å². The number of aromatic nitrogens is 2. The Kier molecular flexibility index (Phi) is 45.0. The number of nitrogens with zero attached hydrogens (tertiary/aromatic N) is 1. The number of phenolic OH excluding ortho intramolecular Hbond substituents is 1. The van der Waals surface area contributed by atoms with Crippen LogP contribution in [0, 0.1) is 17.8 Å². The lowest BCUT2D eigenvalue weighted by Gasteiger charge is -2.31. The third kappa shape index (κ3) is 35.3. The van der Waals surface area contributed by atoms with E-state index in [4.69, 9.17) is 11.5 Å². The van der Waals surface area contributed by atoms with E-state index in [1.807, 2.05) is 6.26 Å².